The summed E-state index contributed by atoms with van der Waals surface area (Å²) < 4.78 is 4.48. The second-order valence-electron chi connectivity index (χ2n) is 2.43. The molecule has 0 aromatic carbocycles. The highest BCUT2D eigenvalue weighted by atomic mass is 16.5. The smallest absolute Gasteiger partial charge is 0.306 e. The number of nitrogens with one attached hydrogen (secondary N) is 1. The number of hydrogen-bond acceptors (Lipinski definition) is 3. The molecule has 0 radical (unpaired) electrons. The van der Waals surface area contributed by atoms with Crippen LogP contribution in [0, 0.1) is 0 Å². The average Bonchev–Trinajstić information content (AvgIpc) is 2.10. The average molecular weight is 171 g/mol. The molecule has 0 amide bonds. The van der Waals surface area contributed by atoms with Gasteiger partial charge in [-0.3, -0.25) is 4.79 Å². The van der Waals surface area contributed by atoms with E-state index in [9.17, 15) is 4.79 Å². The molecule has 12 heavy (non-hydrogen) atoms. The molecule has 0 aromatic heterocycles. The number of carbonyl (C=O) groups excluding carboxylic acids is 1. The molecule has 0 aliphatic carbocycles. The van der Waals surface area contributed by atoms with Crippen molar-refractivity contribution in [2.75, 3.05) is 20.2 Å². The summed E-state index contributed by atoms with van der Waals surface area (Å²) in [6.07, 6.45) is 5.57. The number of carbonyl (C=O) groups is 1. The predicted octanol–water partition coefficient (Wildman–Crippen LogP) is 1.11. The van der Waals surface area contributed by atoms with Crippen LogP contribution < -0.4 is 5.32 Å². The van der Waals surface area contributed by atoms with E-state index in [1.807, 2.05) is 13.0 Å². The van der Waals surface area contributed by atoms with Crippen LogP contribution in [0.3, 0.4) is 0 Å². The van der Waals surface area contributed by atoms with Crippen LogP contribution in [0.4, 0.5) is 0 Å². The highest BCUT2D eigenvalue weighted by molar-refractivity contribution is 5.69. The zero-order valence-electron chi connectivity index (χ0n) is 7.80. The zero-order chi connectivity index (χ0) is 9.23. The molecular formula is C9H17NO2. The molecule has 0 aliphatic heterocycles. The summed E-state index contributed by atoms with van der Waals surface area (Å²) in [6, 6.07) is 0. The van der Waals surface area contributed by atoms with Gasteiger partial charge in [-0.1, -0.05) is 12.2 Å². The quantitative estimate of drug-likeness (QED) is 0.369. The number of allylic oxidation sites excluding steroid dienone is 1. The first-order chi connectivity index (χ1) is 5.81. The molecule has 0 saturated carbocycles. The van der Waals surface area contributed by atoms with Crippen molar-refractivity contribution in [1.82, 2.24) is 5.32 Å². The Morgan fingerprint density at radius 2 is 2.25 bits per heavy atom. The maximum atomic E-state index is 10.6. The van der Waals surface area contributed by atoms with Crippen LogP contribution in [-0.4, -0.2) is 26.2 Å². The summed E-state index contributed by atoms with van der Waals surface area (Å²) in [5, 5.41) is 3.13. The maximum Gasteiger partial charge on any atom is 0.306 e. The normalized spacial score (nSPS) is 10.5. The van der Waals surface area contributed by atoms with Crippen molar-refractivity contribution in [3.8, 4) is 0 Å². The van der Waals surface area contributed by atoms with Gasteiger partial charge in [0.1, 0.15) is 0 Å². The lowest BCUT2D eigenvalue weighted by atomic mass is 10.3. The fourth-order valence-corrected chi connectivity index (χ4v) is 0.770. The van der Waals surface area contributed by atoms with Crippen molar-refractivity contribution in [1.29, 1.82) is 0 Å². The number of methoxy groups -OCH3 is 1. The molecule has 0 atom stereocenters. The Bertz CT molecular complexity index is 143. The van der Waals surface area contributed by atoms with Gasteiger partial charge in [-0.05, 0) is 19.9 Å². The minimum absolute atomic E-state index is 0.159. The van der Waals surface area contributed by atoms with Gasteiger partial charge in [0.15, 0.2) is 0 Å². The fourth-order valence-electron chi connectivity index (χ4n) is 0.770. The minimum atomic E-state index is -0.159. The summed E-state index contributed by atoms with van der Waals surface area (Å²) in [5.74, 6) is -0.159. The standard InChI is InChI=1S/C9H17NO2/c1-3-4-5-7-10-8-6-9(11)12-2/h3-4,10H,5-8H2,1-2H3/b4-3+. The first kappa shape index (κ1) is 11.2. The van der Waals surface area contributed by atoms with E-state index in [4.69, 9.17) is 0 Å². The molecule has 1 N–H and O–H groups in total. The number of esters is 1. The third-order valence-electron chi connectivity index (χ3n) is 1.46. The Morgan fingerprint density at radius 1 is 1.50 bits per heavy atom. The van der Waals surface area contributed by atoms with Crippen molar-refractivity contribution >= 4 is 5.97 Å². The van der Waals surface area contributed by atoms with Crippen LogP contribution in [0.25, 0.3) is 0 Å². The fraction of sp³-hybridized carbons (Fsp3) is 0.667. The van der Waals surface area contributed by atoms with E-state index in [0.717, 1.165) is 13.0 Å². The summed E-state index contributed by atoms with van der Waals surface area (Å²) in [4.78, 5) is 10.6. The molecule has 0 bridgehead atoms. The van der Waals surface area contributed by atoms with Crippen LogP contribution in [0.5, 0.6) is 0 Å². The van der Waals surface area contributed by atoms with Crippen molar-refractivity contribution in [3.63, 3.8) is 0 Å². The number of rotatable bonds is 6. The van der Waals surface area contributed by atoms with Crippen LogP contribution in [-0.2, 0) is 9.53 Å². The number of ether oxygens (including phenoxy) is 1. The second kappa shape index (κ2) is 8.27. The summed E-state index contributed by atoms with van der Waals surface area (Å²) in [6.45, 7) is 3.61. The third-order valence-corrected chi connectivity index (χ3v) is 1.46. The Kier molecular flexibility index (Phi) is 7.70. The molecule has 0 heterocycles. The Morgan fingerprint density at radius 3 is 2.83 bits per heavy atom. The molecule has 0 aliphatic rings. The van der Waals surface area contributed by atoms with E-state index in [1.165, 1.54) is 7.11 Å². The second-order valence-corrected chi connectivity index (χ2v) is 2.43. The monoisotopic (exact) mass is 171 g/mol. The molecule has 0 unspecified atom stereocenters. The molecule has 0 saturated heterocycles. The van der Waals surface area contributed by atoms with E-state index in [1.54, 1.807) is 0 Å². The molecule has 0 fully saturated rings. The minimum Gasteiger partial charge on any atom is -0.469 e. The zero-order valence-corrected chi connectivity index (χ0v) is 7.80. The van der Waals surface area contributed by atoms with Gasteiger partial charge in [-0.25, -0.2) is 0 Å². The molecular weight excluding hydrogens is 154 g/mol. The van der Waals surface area contributed by atoms with E-state index < -0.39 is 0 Å². The topological polar surface area (TPSA) is 38.3 Å². The highest BCUT2D eigenvalue weighted by Gasteiger charge is 1.96. The van der Waals surface area contributed by atoms with Crippen LogP contribution in [0.15, 0.2) is 12.2 Å². The van der Waals surface area contributed by atoms with Crippen LogP contribution in [0.2, 0.25) is 0 Å². The maximum absolute atomic E-state index is 10.6. The van der Waals surface area contributed by atoms with Crippen LogP contribution >= 0.6 is 0 Å². The predicted molar refractivity (Wildman–Crippen MR) is 48.9 cm³/mol. The Hall–Kier alpha value is -0.830. The Balaban J connectivity index is 3.05. The molecule has 3 nitrogen and oxygen atoms in total. The van der Waals surface area contributed by atoms with Crippen molar-refractivity contribution in [3.05, 3.63) is 12.2 Å². The molecule has 0 spiro atoms. The lowest BCUT2D eigenvalue weighted by Gasteiger charge is -2.00. The Labute approximate surface area is 73.8 Å². The molecule has 70 valence electrons. The summed E-state index contributed by atoms with van der Waals surface area (Å²) in [7, 11) is 1.40. The van der Waals surface area contributed by atoms with Gasteiger partial charge in [0.2, 0.25) is 0 Å². The lowest BCUT2D eigenvalue weighted by molar-refractivity contribution is -0.140. The van der Waals surface area contributed by atoms with Crippen molar-refractivity contribution in [2.45, 2.75) is 19.8 Å². The van der Waals surface area contributed by atoms with E-state index in [-0.39, 0.29) is 5.97 Å². The van der Waals surface area contributed by atoms with Gasteiger partial charge >= 0.3 is 5.97 Å². The molecule has 3 heteroatoms. The first-order valence-electron chi connectivity index (χ1n) is 4.20. The van der Waals surface area contributed by atoms with Gasteiger partial charge in [0.05, 0.1) is 13.5 Å². The van der Waals surface area contributed by atoms with E-state index >= 15 is 0 Å². The van der Waals surface area contributed by atoms with Crippen molar-refractivity contribution < 1.29 is 9.53 Å². The van der Waals surface area contributed by atoms with Crippen LogP contribution in [0.1, 0.15) is 19.8 Å². The van der Waals surface area contributed by atoms with Gasteiger partial charge in [-0.15, -0.1) is 0 Å². The highest BCUT2D eigenvalue weighted by Crippen LogP contribution is 1.83. The largest absolute Gasteiger partial charge is 0.469 e. The number of hydrogen-bond donors (Lipinski definition) is 1. The van der Waals surface area contributed by atoms with Gasteiger partial charge in [0.25, 0.3) is 0 Å². The van der Waals surface area contributed by atoms with Gasteiger partial charge in [-0.2, -0.15) is 0 Å². The SMILES string of the molecule is C/C=C/CCNCCC(=O)OC. The third kappa shape index (κ3) is 7.28. The molecule has 0 rings (SSSR count). The summed E-state index contributed by atoms with van der Waals surface area (Å²) >= 11 is 0. The molecule has 0 aromatic rings. The van der Waals surface area contributed by atoms with Crippen molar-refractivity contribution in [2.24, 2.45) is 0 Å². The van der Waals surface area contributed by atoms with E-state index in [2.05, 4.69) is 16.1 Å². The summed E-state index contributed by atoms with van der Waals surface area (Å²) in [5.41, 5.74) is 0. The van der Waals surface area contributed by atoms with Gasteiger partial charge in [0, 0.05) is 6.54 Å². The lowest BCUT2D eigenvalue weighted by Crippen LogP contribution is -2.19. The van der Waals surface area contributed by atoms with E-state index in [0.29, 0.717) is 13.0 Å². The van der Waals surface area contributed by atoms with Gasteiger partial charge < -0.3 is 10.1 Å². The first-order valence-corrected chi connectivity index (χ1v) is 4.20.